The van der Waals surface area contributed by atoms with Crippen molar-refractivity contribution < 1.29 is 14.3 Å². The van der Waals surface area contributed by atoms with Gasteiger partial charge >= 0.3 is 6.03 Å². The predicted octanol–water partition coefficient (Wildman–Crippen LogP) is 7.18. The number of para-hydroxylation sites is 2. The van der Waals surface area contributed by atoms with Gasteiger partial charge in [0.15, 0.2) is 0 Å². The van der Waals surface area contributed by atoms with Gasteiger partial charge in [0.05, 0.1) is 41.3 Å². The van der Waals surface area contributed by atoms with Gasteiger partial charge in [0, 0.05) is 24.4 Å². The lowest BCUT2D eigenvalue weighted by Gasteiger charge is -2.31. The van der Waals surface area contributed by atoms with Crippen LogP contribution >= 0.6 is 15.9 Å². The lowest BCUT2D eigenvalue weighted by atomic mass is 10.1. The van der Waals surface area contributed by atoms with Crippen LogP contribution in [0.2, 0.25) is 0 Å². The van der Waals surface area contributed by atoms with Crippen molar-refractivity contribution in [1.29, 1.82) is 0 Å². The maximum absolute atomic E-state index is 14.1. The molecule has 1 aromatic heterocycles. The Morgan fingerprint density at radius 2 is 1.77 bits per heavy atom. The number of halogens is 1. The maximum atomic E-state index is 14.1. The van der Waals surface area contributed by atoms with Crippen LogP contribution in [0, 0.1) is 13.8 Å². The van der Waals surface area contributed by atoms with Gasteiger partial charge in [-0.05, 0) is 66.4 Å². The number of benzene rings is 3. The molecule has 0 saturated carbocycles. The highest BCUT2D eigenvalue weighted by atomic mass is 79.9. The fourth-order valence-electron chi connectivity index (χ4n) is 4.78. The third kappa shape index (κ3) is 5.70. The van der Waals surface area contributed by atoms with E-state index in [0.717, 1.165) is 29.7 Å². The fourth-order valence-corrected chi connectivity index (χ4v) is 5.35. The zero-order valence-corrected chi connectivity index (χ0v) is 25.3. The molecule has 210 valence electrons. The Hall–Kier alpha value is -3.85. The molecule has 1 unspecified atom stereocenters. The van der Waals surface area contributed by atoms with Crippen molar-refractivity contribution in [1.82, 2.24) is 14.5 Å². The Morgan fingerprint density at radius 1 is 1.07 bits per heavy atom. The Labute approximate surface area is 243 Å². The first-order chi connectivity index (χ1) is 19.2. The zero-order valence-electron chi connectivity index (χ0n) is 23.7. The lowest BCUT2D eigenvalue weighted by Crippen LogP contribution is -2.40. The van der Waals surface area contributed by atoms with E-state index in [9.17, 15) is 9.59 Å². The zero-order chi connectivity index (χ0) is 29.0. The van der Waals surface area contributed by atoms with Gasteiger partial charge in [0.1, 0.15) is 17.3 Å². The largest absolute Gasteiger partial charge is 0.497 e. The molecule has 9 heteroatoms. The summed E-state index contributed by atoms with van der Waals surface area (Å²) in [5, 5.41) is 3.58. The minimum atomic E-state index is -0.558. The van der Waals surface area contributed by atoms with Crippen molar-refractivity contribution in [2.45, 2.75) is 46.6 Å². The van der Waals surface area contributed by atoms with E-state index in [1.54, 1.807) is 41.9 Å². The molecule has 0 bridgehead atoms. The van der Waals surface area contributed by atoms with Crippen LogP contribution in [-0.2, 0) is 0 Å². The number of aromatic nitrogens is 2. The van der Waals surface area contributed by atoms with E-state index in [1.165, 1.54) is 0 Å². The van der Waals surface area contributed by atoms with Crippen LogP contribution in [0.15, 0.2) is 63.9 Å². The van der Waals surface area contributed by atoms with Crippen molar-refractivity contribution in [3.8, 4) is 17.2 Å². The number of ether oxygens (including phenoxy) is 2. The Balaban J connectivity index is 1.93. The first kappa shape index (κ1) is 29.1. The van der Waals surface area contributed by atoms with E-state index in [4.69, 9.17) is 14.5 Å². The third-order valence-corrected chi connectivity index (χ3v) is 7.86. The number of nitrogens with zero attached hydrogens (tertiary/aromatic N) is 3. The van der Waals surface area contributed by atoms with Gasteiger partial charge in [-0.2, -0.15) is 0 Å². The van der Waals surface area contributed by atoms with Crippen LogP contribution in [0.3, 0.4) is 0 Å². The number of carbonyl (C=O) groups excluding carboxylic acids is 1. The highest BCUT2D eigenvalue weighted by molar-refractivity contribution is 9.10. The van der Waals surface area contributed by atoms with Gasteiger partial charge in [-0.3, -0.25) is 9.36 Å². The molecule has 0 aliphatic carbocycles. The molecular weight excluding hydrogens is 572 g/mol. The highest BCUT2D eigenvalue weighted by Crippen LogP contribution is 2.37. The minimum absolute atomic E-state index is 0.255. The van der Waals surface area contributed by atoms with Crippen molar-refractivity contribution >= 4 is 38.6 Å². The molecule has 0 radical (unpaired) electrons. The maximum Gasteiger partial charge on any atom is 0.322 e. The second kappa shape index (κ2) is 12.6. The number of nitrogens with one attached hydrogen (secondary N) is 1. The van der Waals surface area contributed by atoms with Crippen LogP contribution in [0.5, 0.6) is 11.5 Å². The van der Waals surface area contributed by atoms with Gasteiger partial charge in [-0.15, -0.1) is 0 Å². The molecule has 0 fully saturated rings. The van der Waals surface area contributed by atoms with Gasteiger partial charge in [0.2, 0.25) is 0 Å². The van der Waals surface area contributed by atoms with Crippen molar-refractivity contribution in [2.24, 2.45) is 0 Å². The van der Waals surface area contributed by atoms with Crippen LogP contribution in [-0.4, -0.2) is 41.2 Å². The van der Waals surface area contributed by atoms with Crippen molar-refractivity contribution in [3.63, 3.8) is 0 Å². The summed E-state index contributed by atoms with van der Waals surface area (Å²) in [5.74, 6) is 1.44. The second-order valence-electron chi connectivity index (χ2n) is 9.71. The Morgan fingerprint density at radius 3 is 2.42 bits per heavy atom. The smallest absolute Gasteiger partial charge is 0.322 e. The molecule has 0 spiro atoms. The second-order valence-corrected chi connectivity index (χ2v) is 10.5. The molecule has 40 heavy (non-hydrogen) atoms. The number of amides is 2. The molecule has 0 aliphatic heterocycles. The van der Waals surface area contributed by atoms with Crippen LogP contribution in [0.4, 0.5) is 10.5 Å². The summed E-state index contributed by atoms with van der Waals surface area (Å²) in [4.78, 5) is 34.6. The third-order valence-electron chi connectivity index (χ3n) is 7.06. The molecular formula is C31H35BrN4O4. The van der Waals surface area contributed by atoms with Crippen LogP contribution in [0.25, 0.3) is 16.6 Å². The number of urea groups is 1. The van der Waals surface area contributed by atoms with Gasteiger partial charge < -0.3 is 19.7 Å². The molecule has 0 aliphatic rings. The average Bonchev–Trinajstić information content (AvgIpc) is 2.95. The predicted molar refractivity (Wildman–Crippen MR) is 163 cm³/mol. The van der Waals surface area contributed by atoms with E-state index in [2.05, 4.69) is 28.2 Å². The molecule has 2 amide bonds. The highest BCUT2D eigenvalue weighted by Gasteiger charge is 2.28. The number of anilines is 1. The first-order valence-electron chi connectivity index (χ1n) is 13.3. The molecule has 8 nitrogen and oxygen atoms in total. The van der Waals surface area contributed by atoms with E-state index < -0.39 is 6.04 Å². The first-order valence-corrected chi connectivity index (χ1v) is 14.1. The molecule has 4 rings (SSSR count). The number of unbranched alkanes of at least 4 members (excludes halogenated alkanes) is 1. The van der Waals surface area contributed by atoms with E-state index in [-0.39, 0.29) is 11.6 Å². The van der Waals surface area contributed by atoms with Crippen LogP contribution < -0.4 is 20.3 Å². The molecule has 3 aromatic carbocycles. The summed E-state index contributed by atoms with van der Waals surface area (Å²) < 4.78 is 13.2. The lowest BCUT2D eigenvalue weighted by molar-refractivity contribution is 0.188. The number of hydrogen-bond donors (Lipinski definition) is 1. The number of methoxy groups -OCH3 is 2. The summed E-state index contributed by atoms with van der Waals surface area (Å²) in [7, 11) is 3.11. The van der Waals surface area contributed by atoms with Gasteiger partial charge in [0.25, 0.3) is 5.56 Å². The van der Waals surface area contributed by atoms with Crippen molar-refractivity contribution in [2.75, 3.05) is 26.1 Å². The van der Waals surface area contributed by atoms with E-state index >= 15 is 0 Å². The monoisotopic (exact) mass is 606 g/mol. The number of hydrogen-bond acceptors (Lipinski definition) is 5. The standard InChI is InChI=1S/C31H35BrN4O4/c1-7-8-16-35(31(38)34-28-19(2)12-11-13-20(28)3)21(4)29-33-24-15-10-9-14-23(24)30(37)36(29)25-17-22(39-5)18-26(40-6)27(25)32/h9-15,17-18,21H,7-8,16H2,1-6H3,(H,34,38). The molecule has 0 saturated heterocycles. The molecule has 4 aromatic rings. The number of rotatable bonds is 9. The summed E-state index contributed by atoms with van der Waals surface area (Å²) >= 11 is 3.63. The van der Waals surface area contributed by atoms with E-state index in [1.807, 2.05) is 57.2 Å². The summed E-state index contributed by atoms with van der Waals surface area (Å²) in [6.45, 7) is 8.41. The summed E-state index contributed by atoms with van der Waals surface area (Å²) in [5.41, 5.74) is 3.54. The minimum Gasteiger partial charge on any atom is -0.497 e. The van der Waals surface area contributed by atoms with Gasteiger partial charge in [-0.1, -0.05) is 43.7 Å². The molecule has 1 heterocycles. The van der Waals surface area contributed by atoms with Crippen LogP contribution in [0.1, 0.15) is 49.7 Å². The molecule has 1 N–H and O–H groups in total. The fraction of sp³-hybridized carbons (Fsp3) is 0.323. The Bertz CT molecular complexity index is 1580. The van der Waals surface area contributed by atoms with E-state index in [0.29, 0.717) is 44.9 Å². The quantitative estimate of drug-likeness (QED) is 0.218. The Kier molecular flexibility index (Phi) is 9.14. The average molecular weight is 608 g/mol. The SMILES string of the molecule is CCCCN(C(=O)Nc1c(C)cccc1C)C(C)c1nc2ccccc2c(=O)n1-c1cc(OC)cc(OC)c1Br. The van der Waals surface area contributed by atoms with Gasteiger partial charge in [-0.25, -0.2) is 9.78 Å². The van der Waals surface area contributed by atoms with Crippen molar-refractivity contribution in [3.05, 3.63) is 86.4 Å². The number of carbonyl (C=O) groups is 1. The normalized spacial score (nSPS) is 11.8. The molecule has 1 atom stereocenters. The number of aryl methyl sites for hydroxylation is 2. The summed E-state index contributed by atoms with van der Waals surface area (Å²) in [6.07, 6.45) is 1.69. The number of fused-ring (bicyclic) bond motifs is 1. The topological polar surface area (TPSA) is 85.7 Å². The summed E-state index contributed by atoms with van der Waals surface area (Å²) in [6, 6.07) is 15.8.